The van der Waals surface area contributed by atoms with Gasteiger partial charge >= 0.3 is 5.97 Å². The van der Waals surface area contributed by atoms with Gasteiger partial charge in [0.2, 0.25) is 0 Å². The van der Waals surface area contributed by atoms with Crippen LogP contribution in [0, 0.1) is 5.82 Å². The van der Waals surface area contributed by atoms with Crippen LogP contribution < -0.4 is 5.32 Å². The molecule has 1 N–H and O–H groups in total. The maximum Gasteiger partial charge on any atom is 0.338 e. The Kier molecular flexibility index (Phi) is 6.55. The van der Waals surface area contributed by atoms with Gasteiger partial charge in [-0.2, -0.15) is 0 Å². The average Bonchev–Trinajstić information content (AvgIpc) is 2.79. The molecule has 2 aromatic rings. The van der Waals surface area contributed by atoms with E-state index in [4.69, 9.17) is 26.1 Å². The number of hydrogen-bond acceptors (Lipinski definition) is 7. The number of amidine groups is 1. The first-order valence-corrected chi connectivity index (χ1v) is 10.7. The van der Waals surface area contributed by atoms with Crippen LogP contribution in [0.5, 0.6) is 0 Å². The van der Waals surface area contributed by atoms with Crippen molar-refractivity contribution in [3.63, 3.8) is 0 Å². The van der Waals surface area contributed by atoms with Crippen LogP contribution in [0.4, 0.5) is 4.39 Å². The molecular formula is C23H24ClFN4O3. The Morgan fingerprint density at radius 1 is 1.31 bits per heavy atom. The highest BCUT2D eigenvalue weighted by Crippen LogP contribution is 2.40. The third-order valence-electron chi connectivity index (χ3n) is 5.60. The van der Waals surface area contributed by atoms with Gasteiger partial charge in [-0.05, 0) is 42.8 Å². The van der Waals surface area contributed by atoms with Gasteiger partial charge in [0.25, 0.3) is 0 Å². The molecule has 9 heteroatoms. The summed E-state index contributed by atoms with van der Waals surface area (Å²) in [6, 6.07) is 9.65. The fourth-order valence-electron chi connectivity index (χ4n) is 4.00. The molecule has 0 spiro atoms. The molecule has 3 heterocycles. The molecule has 1 unspecified atom stereocenters. The molecule has 32 heavy (non-hydrogen) atoms. The van der Waals surface area contributed by atoms with Gasteiger partial charge in [0, 0.05) is 36.6 Å². The first-order chi connectivity index (χ1) is 15.4. The van der Waals surface area contributed by atoms with Crippen LogP contribution in [0.1, 0.15) is 18.2 Å². The molecule has 1 saturated heterocycles. The molecule has 1 fully saturated rings. The zero-order chi connectivity index (χ0) is 22.7. The summed E-state index contributed by atoms with van der Waals surface area (Å²) >= 11 is 6.17. The van der Waals surface area contributed by atoms with Crippen molar-refractivity contribution in [2.45, 2.75) is 12.5 Å². The molecule has 7 nitrogen and oxygen atoms in total. The molecule has 168 valence electrons. The van der Waals surface area contributed by atoms with Gasteiger partial charge in [-0.15, -0.1) is 0 Å². The van der Waals surface area contributed by atoms with E-state index in [9.17, 15) is 9.18 Å². The van der Waals surface area contributed by atoms with Crippen LogP contribution in [0.3, 0.4) is 0 Å². The minimum absolute atomic E-state index is 0.216. The summed E-state index contributed by atoms with van der Waals surface area (Å²) in [6.45, 7) is 4.86. The Hall–Kier alpha value is -2.81. The molecule has 1 aromatic carbocycles. The van der Waals surface area contributed by atoms with E-state index in [1.54, 1.807) is 19.2 Å². The van der Waals surface area contributed by atoms with E-state index in [-0.39, 0.29) is 5.02 Å². The maximum atomic E-state index is 14.3. The van der Waals surface area contributed by atoms with Crippen LogP contribution in [0.25, 0.3) is 0 Å². The van der Waals surface area contributed by atoms with Crippen molar-refractivity contribution in [2.24, 2.45) is 4.99 Å². The number of carbonyl (C=O) groups excluding carboxylic acids is 1. The number of morpholine rings is 1. The summed E-state index contributed by atoms with van der Waals surface area (Å²) in [6.07, 6.45) is 1.66. The molecule has 0 saturated carbocycles. The highest BCUT2D eigenvalue weighted by molar-refractivity contribution is 6.30. The minimum atomic E-state index is -1.25. The molecule has 4 rings (SSSR count). The topological polar surface area (TPSA) is 76.0 Å². The summed E-state index contributed by atoms with van der Waals surface area (Å²) in [5.74, 6) is -0.586. The Bertz CT molecular complexity index is 1050. The molecule has 1 atom stereocenters. The van der Waals surface area contributed by atoms with Crippen LogP contribution in [-0.4, -0.2) is 61.6 Å². The predicted molar refractivity (Wildman–Crippen MR) is 119 cm³/mol. The minimum Gasteiger partial charge on any atom is -0.466 e. The third kappa shape index (κ3) is 4.53. The number of hydrogen-bond donors (Lipinski definition) is 1. The number of ether oxygens (including phenoxy) is 2. The normalized spacial score (nSPS) is 21.7. The number of methoxy groups -OCH3 is 1. The molecule has 0 radical (unpaired) electrons. The van der Waals surface area contributed by atoms with Crippen molar-refractivity contribution in [2.75, 3.05) is 40.0 Å². The van der Waals surface area contributed by atoms with E-state index < -0.39 is 17.3 Å². The van der Waals surface area contributed by atoms with Gasteiger partial charge in [0.05, 0.1) is 25.9 Å². The van der Waals surface area contributed by atoms with Crippen LogP contribution in [-0.2, 0) is 19.8 Å². The average molecular weight is 459 g/mol. The lowest BCUT2D eigenvalue weighted by Crippen LogP contribution is -2.47. The SMILES string of the molecule is COC(=O)C1=C(CN2CCOCC2)NC(c2ccccn2)=NC1(C)c1cc(F)cc(Cl)c1. The number of esters is 1. The quantitative estimate of drug-likeness (QED) is 0.694. The number of aliphatic imine (C=N–C) groups is 1. The zero-order valence-electron chi connectivity index (χ0n) is 17.9. The fourth-order valence-corrected chi connectivity index (χ4v) is 4.22. The predicted octanol–water partition coefficient (Wildman–Crippen LogP) is 2.90. The number of benzene rings is 1. The van der Waals surface area contributed by atoms with E-state index in [1.165, 1.54) is 19.2 Å². The summed E-state index contributed by atoms with van der Waals surface area (Å²) in [4.78, 5) is 24.5. The Morgan fingerprint density at radius 3 is 2.75 bits per heavy atom. The summed E-state index contributed by atoms with van der Waals surface area (Å²) in [5, 5.41) is 3.51. The molecule has 0 amide bonds. The Labute approximate surface area is 190 Å². The van der Waals surface area contributed by atoms with Gasteiger partial charge < -0.3 is 14.8 Å². The molecule has 2 aliphatic heterocycles. The van der Waals surface area contributed by atoms with Gasteiger partial charge in [0.15, 0.2) is 5.84 Å². The highest BCUT2D eigenvalue weighted by atomic mass is 35.5. The van der Waals surface area contributed by atoms with Crippen LogP contribution in [0.2, 0.25) is 5.02 Å². The van der Waals surface area contributed by atoms with Crippen LogP contribution in [0.15, 0.2) is 58.9 Å². The number of carbonyl (C=O) groups is 1. The van der Waals surface area contributed by atoms with Crippen molar-refractivity contribution >= 4 is 23.4 Å². The second-order valence-corrected chi connectivity index (χ2v) is 8.20. The largest absolute Gasteiger partial charge is 0.466 e. The molecule has 0 aliphatic carbocycles. The molecule has 0 bridgehead atoms. The van der Waals surface area contributed by atoms with Crippen molar-refractivity contribution in [1.29, 1.82) is 0 Å². The lowest BCUT2D eigenvalue weighted by Gasteiger charge is -2.37. The first kappa shape index (κ1) is 22.4. The van der Waals surface area contributed by atoms with E-state index >= 15 is 0 Å². The van der Waals surface area contributed by atoms with E-state index in [1.807, 2.05) is 18.2 Å². The molecule has 1 aromatic heterocycles. The Morgan fingerprint density at radius 2 is 2.09 bits per heavy atom. The van der Waals surface area contributed by atoms with Crippen molar-refractivity contribution in [3.05, 3.63) is 76.0 Å². The van der Waals surface area contributed by atoms with Gasteiger partial charge in [-0.1, -0.05) is 17.7 Å². The number of aromatic nitrogens is 1. The lowest BCUT2D eigenvalue weighted by molar-refractivity contribution is -0.137. The highest BCUT2D eigenvalue weighted by Gasteiger charge is 2.43. The van der Waals surface area contributed by atoms with Crippen LogP contribution >= 0.6 is 11.6 Å². The lowest BCUT2D eigenvalue weighted by atomic mass is 9.82. The van der Waals surface area contributed by atoms with Gasteiger partial charge in [0.1, 0.15) is 17.1 Å². The first-order valence-electron chi connectivity index (χ1n) is 10.3. The summed E-state index contributed by atoms with van der Waals surface area (Å²) in [7, 11) is 1.32. The standard InChI is InChI=1S/C23H24ClFN4O3/c1-23(15-11-16(24)13-17(25)12-15)20(22(30)31-2)19(14-29-7-9-32-10-8-29)27-21(28-23)18-5-3-4-6-26-18/h3-6,11-13H,7-10,14H2,1-2H3,(H,27,28). The smallest absolute Gasteiger partial charge is 0.338 e. The zero-order valence-corrected chi connectivity index (χ0v) is 18.7. The number of nitrogens with one attached hydrogen (secondary N) is 1. The van der Waals surface area contributed by atoms with Crippen molar-refractivity contribution in [3.8, 4) is 0 Å². The number of rotatable bonds is 5. The van der Waals surface area contributed by atoms with E-state index in [0.717, 1.165) is 13.1 Å². The maximum absolute atomic E-state index is 14.3. The third-order valence-corrected chi connectivity index (χ3v) is 5.82. The van der Waals surface area contributed by atoms with E-state index in [0.29, 0.717) is 48.1 Å². The Balaban J connectivity index is 1.89. The summed E-state index contributed by atoms with van der Waals surface area (Å²) < 4.78 is 24.9. The number of pyridine rings is 1. The molecule has 2 aliphatic rings. The van der Waals surface area contributed by atoms with E-state index in [2.05, 4.69) is 15.2 Å². The molecular weight excluding hydrogens is 435 g/mol. The fraction of sp³-hybridized carbons (Fsp3) is 0.348. The number of halogens is 2. The monoisotopic (exact) mass is 458 g/mol. The second kappa shape index (κ2) is 9.36. The number of nitrogens with zero attached hydrogens (tertiary/aromatic N) is 3. The second-order valence-electron chi connectivity index (χ2n) is 7.76. The summed E-state index contributed by atoms with van der Waals surface area (Å²) in [5.41, 5.74) is 0.713. The van der Waals surface area contributed by atoms with Crippen molar-refractivity contribution < 1.29 is 18.7 Å². The van der Waals surface area contributed by atoms with Gasteiger partial charge in [-0.3, -0.25) is 9.88 Å². The van der Waals surface area contributed by atoms with Crippen molar-refractivity contribution in [1.82, 2.24) is 15.2 Å². The van der Waals surface area contributed by atoms with Gasteiger partial charge in [-0.25, -0.2) is 14.2 Å².